The summed E-state index contributed by atoms with van der Waals surface area (Å²) in [6, 6.07) is 116. The number of fused-ring (bicyclic) bond motifs is 11. The van der Waals surface area contributed by atoms with Crippen molar-refractivity contribution in [2.24, 2.45) is 0 Å². The molecule has 0 unspecified atom stereocenters. The van der Waals surface area contributed by atoms with E-state index in [2.05, 4.69) is 325 Å². The number of benzene rings is 13. The van der Waals surface area contributed by atoms with Crippen molar-refractivity contribution in [1.29, 1.82) is 0 Å². The van der Waals surface area contributed by atoms with E-state index >= 15 is 0 Å². The quantitative estimate of drug-likeness (QED) is 0.136. The molecular weight excluding hydrogens is 981 g/mol. The minimum Gasteiger partial charge on any atom is -0.453 e. The van der Waals surface area contributed by atoms with Gasteiger partial charge < -0.3 is 14.2 Å². The number of hydrogen-bond donors (Lipinski definition) is 0. The zero-order valence-corrected chi connectivity index (χ0v) is 44.3. The van der Waals surface area contributed by atoms with Crippen LogP contribution < -0.4 is 9.80 Å². The summed E-state index contributed by atoms with van der Waals surface area (Å²) in [5.41, 5.74) is 21.5. The van der Waals surface area contributed by atoms with E-state index in [0.29, 0.717) is 0 Å². The van der Waals surface area contributed by atoms with Gasteiger partial charge >= 0.3 is 0 Å². The third kappa shape index (κ3) is 6.89. The SMILES string of the molecule is c1ccc(N(c2ccccc2)c2ccc(N(c3ccc(C4(c5ccccc5)c5ccccc5-c5ccccc54)cc3)c3cccc(C4(c5ccccc5)c5ccccc5-c5ccccc54)c3)c3oc4c5ccccc5ccc4c23)cc1. The Labute approximate surface area is 471 Å². The van der Waals surface area contributed by atoms with Crippen molar-refractivity contribution in [3.63, 3.8) is 0 Å². The summed E-state index contributed by atoms with van der Waals surface area (Å²) < 4.78 is 7.58. The molecule has 0 saturated carbocycles. The monoisotopic (exact) mass is 1030 g/mol. The Kier molecular flexibility index (Phi) is 10.7. The molecule has 0 amide bonds. The first-order valence-electron chi connectivity index (χ1n) is 28.0. The third-order valence-corrected chi connectivity index (χ3v) is 17.4. The van der Waals surface area contributed by atoms with Gasteiger partial charge in [0.25, 0.3) is 0 Å². The van der Waals surface area contributed by atoms with E-state index in [9.17, 15) is 0 Å². The Bertz CT molecular complexity index is 4570. The molecule has 0 spiro atoms. The molecule has 3 nitrogen and oxygen atoms in total. The van der Waals surface area contributed by atoms with Gasteiger partial charge in [-0.3, -0.25) is 0 Å². The summed E-state index contributed by atoms with van der Waals surface area (Å²) in [6.07, 6.45) is 0. The van der Waals surface area contributed by atoms with Gasteiger partial charge in [-0.05, 0) is 139 Å². The zero-order valence-electron chi connectivity index (χ0n) is 44.3. The maximum absolute atomic E-state index is 7.58. The second-order valence-electron chi connectivity index (χ2n) is 21.4. The Morgan fingerprint density at radius 2 is 0.642 bits per heavy atom. The molecule has 0 atom stereocenters. The Balaban J connectivity index is 0.986. The van der Waals surface area contributed by atoms with Gasteiger partial charge in [-0.15, -0.1) is 0 Å². The standard InChI is InChI=1S/C78H52N2O/c1-5-25-54(26-6-1)77(68-40-19-15-36-63(68)64-37-16-20-41-69(64)77)56-45-47-60(48-46-56)80(61-34-23-29-57(52-61)78(55-27-7-2-8-28-55)70-42-21-17-38-65(70)66-39-18-22-43-71(66)78)73-51-50-72(79(58-30-9-3-10-31-58)59-32-11-4-12-33-59)74-67-49-44-53-24-13-14-35-62(53)75(67)81-76(73)74/h1-52H. The van der Waals surface area contributed by atoms with Crippen LogP contribution in [0.3, 0.4) is 0 Å². The van der Waals surface area contributed by atoms with Gasteiger partial charge in [0.2, 0.25) is 0 Å². The van der Waals surface area contributed by atoms with Crippen LogP contribution in [-0.4, -0.2) is 0 Å². The maximum atomic E-state index is 7.58. The normalized spacial score (nSPS) is 13.4. The molecule has 81 heavy (non-hydrogen) atoms. The van der Waals surface area contributed by atoms with Gasteiger partial charge in [0, 0.05) is 33.5 Å². The van der Waals surface area contributed by atoms with Crippen molar-refractivity contribution in [2.75, 3.05) is 9.80 Å². The fourth-order valence-corrected chi connectivity index (χ4v) is 14.1. The molecule has 16 rings (SSSR count). The lowest BCUT2D eigenvalue weighted by atomic mass is 9.67. The molecule has 0 bridgehead atoms. The van der Waals surface area contributed by atoms with Crippen molar-refractivity contribution in [3.8, 4) is 22.3 Å². The zero-order chi connectivity index (χ0) is 53.5. The molecule has 0 aliphatic heterocycles. The first-order chi connectivity index (χ1) is 40.2. The molecule has 0 fully saturated rings. The Hall–Kier alpha value is -10.5. The molecule has 3 heteroatoms. The van der Waals surface area contributed by atoms with E-state index in [1.165, 1.54) is 66.8 Å². The van der Waals surface area contributed by atoms with Crippen LogP contribution in [0.5, 0.6) is 0 Å². The van der Waals surface area contributed by atoms with Crippen molar-refractivity contribution in [3.05, 3.63) is 360 Å². The highest BCUT2D eigenvalue weighted by Crippen LogP contribution is 2.59. The third-order valence-electron chi connectivity index (χ3n) is 17.4. The molecule has 2 aliphatic carbocycles. The van der Waals surface area contributed by atoms with Crippen LogP contribution in [0.25, 0.3) is 55.0 Å². The number of rotatable bonds is 10. The van der Waals surface area contributed by atoms with Gasteiger partial charge in [-0.2, -0.15) is 0 Å². The fraction of sp³-hybridized carbons (Fsp3) is 0.0256. The smallest absolute Gasteiger partial charge is 0.161 e. The lowest BCUT2D eigenvalue weighted by molar-refractivity contribution is 0.673. The Morgan fingerprint density at radius 3 is 1.19 bits per heavy atom. The van der Waals surface area contributed by atoms with Gasteiger partial charge in [-0.25, -0.2) is 0 Å². The molecule has 0 N–H and O–H groups in total. The number of nitrogens with zero attached hydrogens (tertiary/aromatic N) is 2. The number of hydrogen-bond acceptors (Lipinski definition) is 3. The predicted molar refractivity (Wildman–Crippen MR) is 335 cm³/mol. The summed E-state index contributed by atoms with van der Waals surface area (Å²) >= 11 is 0. The lowest BCUT2D eigenvalue weighted by Gasteiger charge is -2.36. The minimum atomic E-state index is -0.616. The lowest BCUT2D eigenvalue weighted by Crippen LogP contribution is -2.29. The second kappa shape index (κ2) is 18.6. The topological polar surface area (TPSA) is 19.6 Å². The largest absolute Gasteiger partial charge is 0.453 e. The Morgan fingerprint density at radius 1 is 0.247 bits per heavy atom. The van der Waals surface area contributed by atoms with Crippen LogP contribution in [0.15, 0.2) is 320 Å². The van der Waals surface area contributed by atoms with Gasteiger partial charge in [-0.1, -0.05) is 249 Å². The molecule has 0 saturated heterocycles. The highest BCUT2D eigenvalue weighted by atomic mass is 16.3. The minimum absolute atomic E-state index is 0.559. The van der Waals surface area contributed by atoms with Gasteiger partial charge in [0.1, 0.15) is 5.58 Å². The first kappa shape index (κ1) is 46.6. The van der Waals surface area contributed by atoms with Crippen LogP contribution in [0.2, 0.25) is 0 Å². The molecule has 2 aliphatic rings. The molecule has 14 aromatic rings. The summed E-state index contributed by atoms with van der Waals surface area (Å²) in [5.74, 6) is 0. The molecule has 13 aromatic carbocycles. The van der Waals surface area contributed by atoms with Crippen LogP contribution in [-0.2, 0) is 10.8 Å². The van der Waals surface area contributed by atoms with E-state index in [4.69, 9.17) is 4.42 Å². The fourth-order valence-electron chi connectivity index (χ4n) is 14.1. The van der Waals surface area contributed by atoms with Crippen molar-refractivity contribution < 1.29 is 4.42 Å². The summed E-state index contributed by atoms with van der Waals surface area (Å²) in [4.78, 5) is 4.81. The average Bonchev–Trinajstić information content (AvgIpc) is 3.59. The van der Waals surface area contributed by atoms with Crippen molar-refractivity contribution in [1.82, 2.24) is 0 Å². The molecule has 0 radical (unpaired) electrons. The highest BCUT2D eigenvalue weighted by molar-refractivity contribution is 6.22. The number of furan rings is 1. The van der Waals surface area contributed by atoms with E-state index in [1.54, 1.807) is 0 Å². The summed E-state index contributed by atoms with van der Waals surface area (Å²) in [7, 11) is 0. The maximum Gasteiger partial charge on any atom is 0.161 e. The van der Waals surface area contributed by atoms with Crippen molar-refractivity contribution in [2.45, 2.75) is 10.8 Å². The van der Waals surface area contributed by atoms with E-state index in [-0.39, 0.29) is 0 Å². The summed E-state index contributed by atoms with van der Waals surface area (Å²) in [6.45, 7) is 0. The molecule has 1 heterocycles. The second-order valence-corrected chi connectivity index (χ2v) is 21.4. The molecule has 1 aromatic heterocycles. The summed E-state index contributed by atoms with van der Waals surface area (Å²) in [5, 5.41) is 4.27. The molecular formula is C78H52N2O. The van der Waals surface area contributed by atoms with Gasteiger partial charge in [0.15, 0.2) is 5.58 Å². The predicted octanol–water partition coefficient (Wildman–Crippen LogP) is 20.4. The number of para-hydroxylation sites is 2. The average molecular weight is 1030 g/mol. The van der Waals surface area contributed by atoms with Crippen LogP contribution in [0.1, 0.15) is 44.5 Å². The van der Waals surface area contributed by atoms with Gasteiger partial charge in [0.05, 0.1) is 27.6 Å². The molecule has 380 valence electrons. The van der Waals surface area contributed by atoms with E-state index < -0.39 is 10.8 Å². The van der Waals surface area contributed by atoms with Crippen LogP contribution in [0.4, 0.5) is 34.1 Å². The highest BCUT2D eigenvalue weighted by Gasteiger charge is 2.47. The number of anilines is 6. The van der Waals surface area contributed by atoms with Crippen LogP contribution >= 0.6 is 0 Å². The first-order valence-corrected chi connectivity index (χ1v) is 28.0. The van der Waals surface area contributed by atoms with E-state index in [0.717, 1.165) is 66.8 Å². The van der Waals surface area contributed by atoms with Crippen molar-refractivity contribution >= 4 is 66.8 Å². The van der Waals surface area contributed by atoms with E-state index in [1.807, 2.05) is 0 Å². The van der Waals surface area contributed by atoms with Crippen LogP contribution in [0, 0.1) is 0 Å².